The molecule has 1 heterocycles. The number of aromatic nitrogens is 1. The van der Waals surface area contributed by atoms with Gasteiger partial charge in [0.25, 0.3) is 5.91 Å². The third kappa shape index (κ3) is 3.85. The minimum Gasteiger partial charge on any atom is -0.493 e. The molecule has 6 nitrogen and oxygen atoms in total. The average Bonchev–Trinajstić information content (AvgIpc) is 3.09. The van der Waals surface area contributed by atoms with Crippen LogP contribution in [0.3, 0.4) is 0 Å². The molecule has 0 saturated heterocycles. The van der Waals surface area contributed by atoms with Crippen LogP contribution in [0.25, 0.3) is 10.8 Å². The fourth-order valence-electron chi connectivity index (χ4n) is 3.31. The van der Waals surface area contributed by atoms with Gasteiger partial charge >= 0.3 is 0 Å². The predicted octanol–water partition coefficient (Wildman–Crippen LogP) is 5.28. The third-order valence-corrected chi connectivity index (χ3v) is 5.02. The van der Waals surface area contributed by atoms with Crippen LogP contribution in [0.5, 0.6) is 11.5 Å². The Labute approximate surface area is 174 Å². The summed E-state index contributed by atoms with van der Waals surface area (Å²) in [7, 11) is 1.55. The molecule has 1 amide bonds. The molecule has 4 aromatic rings. The number of anilines is 1. The Kier molecular flexibility index (Phi) is 5.39. The number of benzene rings is 3. The second kappa shape index (κ2) is 8.29. The van der Waals surface area contributed by atoms with Crippen LogP contribution >= 0.6 is 0 Å². The van der Waals surface area contributed by atoms with Gasteiger partial charge in [-0.15, -0.1) is 0 Å². The first kappa shape index (κ1) is 19.5. The lowest BCUT2D eigenvalue weighted by Crippen LogP contribution is -2.12. The van der Waals surface area contributed by atoms with E-state index in [1.807, 2.05) is 56.3 Å². The quantitative estimate of drug-likeness (QED) is 0.475. The van der Waals surface area contributed by atoms with Crippen molar-refractivity contribution in [1.82, 2.24) is 5.16 Å². The molecule has 152 valence electrons. The van der Waals surface area contributed by atoms with E-state index in [1.165, 1.54) is 0 Å². The molecule has 0 aliphatic rings. The molecule has 0 fully saturated rings. The van der Waals surface area contributed by atoms with Crippen molar-refractivity contribution in [3.63, 3.8) is 0 Å². The Morgan fingerprint density at radius 1 is 1.03 bits per heavy atom. The molecule has 1 aromatic heterocycles. The van der Waals surface area contributed by atoms with Crippen molar-refractivity contribution in [2.75, 3.05) is 12.4 Å². The lowest BCUT2D eigenvalue weighted by Gasteiger charge is -2.13. The maximum atomic E-state index is 12.8. The van der Waals surface area contributed by atoms with Crippen LogP contribution in [-0.2, 0) is 6.61 Å². The maximum Gasteiger partial charge on any atom is 0.255 e. The normalized spacial score (nSPS) is 10.8. The summed E-state index contributed by atoms with van der Waals surface area (Å²) < 4.78 is 16.5. The van der Waals surface area contributed by atoms with Gasteiger partial charge in [-0.05, 0) is 43.5 Å². The molecule has 0 atom stereocenters. The maximum absolute atomic E-state index is 12.8. The van der Waals surface area contributed by atoms with Gasteiger partial charge in [-0.3, -0.25) is 4.79 Å². The van der Waals surface area contributed by atoms with E-state index < -0.39 is 0 Å². The molecule has 0 unspecified atom stereocenters. The highest BCUT2D eigenvalue weighted by molar-refractivity contribution is 6.09. The topological polar surface area (TPSA) is 73.6 Å². The Balaban J connectivity index is 1.54. The molecule has 0 saturated carbocycles. The van der Waals surface area contributed by atoms with Gasteiger partial charge < -0.3 is 19.3 Å². The summed E-state index contributed by atoms with van der Waals surface area (Å²) >= 11 is 0. The van der Waals surface area contributed by atoms with Gasteiger partial charge in [0, 0.05) is 16.6 Å². The van der Waals surface area contributed by atoms with E-state index in [1.54, 1.807) is 25.3 Å². The number of rotatable bonds is 6. The zero-order valence-electron chi connectivity index (χ0n) is 17.1. The third-order valence-electron chi connectivity index (χ3n) is 5.02. The first-order valence-corrected chi connectivity index (χ1v) is 9.58. The molecule has 0 aliphatic heterocycles. The van der Waals surface area contributed by atoms with E-state index in [2.05, 4.69) is 10.5 Å². The molecule has 0 radical (unpaired) electrons. The summed E-state index contributed by atoms with van der Waals surface area (Å²) in [5, 5.41) is 8.97. The number of carbonyl (C=O) groups excluding carboxylic acids is 1. The van der Waals surface area contributed by atoms with Gasteiger partial charge in [0.15, 0.2) is 11.5 Å². The second-order valence-electron chi connectivity index (χ2n) is 6.94. The Hall–Kier alpha value is -3.80. The summed E-state index contributed by atoms with van der Waals surface area (Å²) in [5.74, 6) is 1.52. The first-order valence-electron chi connectivity index (χ1n) is 9.58. The number of nitrogens with zero attached hydrogens (tertiary/aromatic N) is 1. The van der Waals surface area contributed by atoms with Gasteiger partial charge in [-0.1, -0.05) is 41.6 Å². The van der Waals surface area contributed by atoms with Crippen molar-refractivity contribution >= 4 is 22.4 Å². The number of hydrogen-bond donors (Lipinski definition) is 1. The molecule has 0 aliphatic carbocycles. The monoisotopic (exact) mass is 402 g/mol. The molecule has 0 bridgehead atoms. The number of ether oxygens (including phenoxy) is 2. The molecule has 6 heteroatoms. The lowest BCUT2D eigenvalue weighted by atomic mass is 10.1. The highest BCUT2D eigenvalue weighted by Crippen LogP contribution is 2.30. The predicted molar refractivity (Wildman–Crippen MR) is 115 cm³/mol. The Morgan fingerprint density at radius 2 is 1.83 bits per heavy atom. The van der Waals surface area contributed by atoms with Crippen LogP contribution in [0.15, 0.2) is 65.2 Å². The van der Waals surface area contributed by atoms with Crippen LogP contribution in [0, 0.1) is 13.8 Å². The summed E-state index contributed by atoms with van der Waals surface area (Å²) in [5.41, 5.74) is 2.92. The minimum atomic E-state index is -0.220. The summed E-state index contributed by atoms with van der Waals surface area (Å²) in [6, 6.07) is 18.9. The highest BCUT2D eigenvalue weighted by atomic mass is 16.5. The van der Waals surface area contributed by atoms with Crippen molar-refractivity contribution in [3.05, 3.63) is 83.2 Å². The zero-order valence-corrected chi connectivity index (χ0v) is 17.1. The van der Waals surface area contributed by atoms with Gasteiger partial charge in [0.2, 0.25) is 0 Å². The second-order valence-corrected chi connectivity index (χ2v) is 6.94. The molecule has 1 N–H and O–H groups in total. The standard InChI is InChI=1S/C24H22N2O4/c1-15-20(16(2)30-26-15)14-29-22-12-11-18(13-23(22)28-3)24(27)25-21-10-6-8-17-7-4-5-9-19(17)21/h4-13H,14H2,1-3H3,(H,25,27). The smallest absolute Gasteiger partial charge is 0.255 e. The van der Waals surface area contributed by atoms with Gasteiger partial charge in [-0.2, -0.15) is 0 Å². The van der Waals surface area contributed by atoms with Crippen molar-refractivity contribution in [2.45, 2.75) is 20.5 Å². The van der Waals surface area contributed by atoms with Crippen molar-refractivity contribution in [3.8, 4) is 11.5 Å². The molecular formula is C24H22N2O4. The minimum absolute atomic E-state index is 0.220. The molecule has 3 aromatic carbocycles. The van der Waals surface area contributed by atoms with E-state index in [4.69, 9.17) is 14.0 Å². The summed E-state index contributed by atoms with van der Waals surface area (Å²) in [6.45, 7) is 4.02. The SMILES string of the molecule is COc1cc(C(=O)Nc2cccc3ccccc23)ccc1OCc1c(C)noc1C. The number of nitrogens with one attached hydrogen (secondary N) is 1. The molecular weight excluding hydrogens is 380 g/mol. The van der Waals surface area contributed by atoms with Crippen LogP contribution in [-0.4, -0.2) is 18.2 Å². The number of aryl methyl sites for hydroxylation is 2. The van der Waals surface area contributed by atoms with E-state index >= 15 is 0 Å². The summed E-state index contributed by atoms with van der Waals surface area (Å²) in [6.07, 6.45) is 0. The van der Waals surface area contributed by atoms with Crippen molar-refractivity contribution < 1.29 is 18.8 Å². The summed E-state index contributed by atoms with van der Waals surface area (Å²) in [4.78, 5) is 12.8. The fourth-order valence-corrected chi connectivity index (χ4v) is 3.31. The van der Waals surface area contributed by atoms with E-state index in [0.717, 1.165) is 33.5 Å². The van der Waals surface area contributed by atoms with E-state index in [-0.39, 0.29) is 5.91 Å². The van der Waals surface area contributed by atoms with Crippen LogP contribution in [0.2, 0.25) is 0 Å². The first-order chi connectivity index (χ1) is 14.6. The van der Waals surface area contributed by atoms with Crippen molar-refractivity contribution in [1.29, 1.82) is 0 Å². The largest absolute Gasteiger partial charge is 0.493 e. The van der Waals surface area contributed by atoms with Crippen LogP contribution in [0.4, 0.5) is 5.69 Å². The number of hydrogen-bond acceptors (Lipinski definition) is 5. The number of amides is 1. The number of methoxy groups -OCH3 is 1. The van der Waals surface area contributed by atoms with Crippen LogP contribution < -0.4 is 14.8 Å². The lowest BCUT2D eigenvalue weighted by molar-refractivity contribution is 0.102. The highest BCUT2D eigenvalue weighted by Gasteiger charge is 2.15. The Morgan fingerprint density at radius 3 is 2.60 bits per heavy atom. The average molecular weight is 402 g/mol. The number of fused-ring (bicyclic) bond motifs is 1. The molecule has 4 rings (SSSR count). The van der Waals surface area contributed by atoms with E-state index in [9.17, 15) is 4.79 Å². The molecule has 30 heavy (non-hydrogen) atoms. The Bertz CT molecular complexity index is 1190. The van der Waals surface area contributed by atoms with Crippen LogP contribution in [0.1, 0.15) is 27.4 Å². The zero-order chi connectivity index (χ0) is 21.1. The molecule has 0 spiro atoms. The van der Waals surface area contributed by atoms with E-state index in [0.29, 0.717) is 23.7 Å². The van der Waals surface area contributed by atoms with Crippen molar-refractivity contribution in [2.24, 2.45) is 0 Å². The van der Waals surface area contributed by atoms with Gasteiger partial charge in [0.1, 0.15) is 12.4 Å². The fraction of sp³-hybridized carbons (Fsp3) is 0.167. The van der Waals surface area contributed by atoms with Gasteiger partial charge in [-0.25, -0.2) is 0 Å². The van der Waals surface area contributed by atoms with Gasteiger partial charge in [0.05, 0.1) is 18.4 Å². The number of carbonyl (C=O) groups is 1.